The number of aromatic nitrogens is 3. The minimum Gasteiger partial charge on any atom is -0.385 e. The average Bonchev–Trinajstić information content (AvgIpc) is 2.61. The van der Waals surface area contributed by atoms with Crippen LogP contribution in [0, 0.1) is 13.8 Å². The van der Waals surface area contributed by atoms with Crippen LogP contribution in [0.15, 0.2) is 58.4 Å². The molecule has 0 atom stereocenters. The maximum Gasteiger partial charge on any atom is 0.262 e. The van der Waals surface area contributed by atoms with Crippen LogP contribution in [0.2, 0.25) is 0 Å². The molecular weight excluding hydrogens is 342 g/mol. The van der Waals surface area contributed by atoms with E-state index in [0.717, 1.165) is 17.7 Å². The summed E-state index contributed by atoms with van der Waals surface area (Å²) in [6, 6.07) is 10.2. The second-order valence-electron chi connectivity index (χ2n) is 7.15. The first kappa shape index (κ1) is 17.4. The highest BCUT2D eigenvalue weighted by atomic mass is 16.3. The third-order valence-electron chi connectivity index (χ3n) is 5.33. The zero-order valence-electron chi connectivity index (χ0n) is 15.3. The highest BCUT2D eigenvalue weighted by molar-refractivity contribution is 5.46. The van der Waals surface area contributed by atoms with Gasteiger partial charge < -0.3 is 5.11 Å². The molecule has 1 saturated carbocycles. The standard InChI is InChI=1S/C21H21N3O3/c1-14-13-22-18(12-17(14)24-15(2)6-3-8-19(24)25)23-11-4-7-16(20(23)26)21(27)9-5-10-21/h3-4,6-8,11-13,27H,5,9-10H2,1-2H3. The van der Waals surface area contributed by atoms with E-state index in [0.29, 0.717) is 29.9 Å². The van der Waals surface area contributed by atoms with Crippen LogP contribution in [-0.2, 0) is 5.60 Å². The Kier molecular flexibility index (Phi) is 4.08. The molecule has 0 unspecified atom stereocenters. The number of aliphatic hydroxyl groups is 1. The van der Waals surface area contributed by atoms with Crippen molar-refractivity contribution in [3.8, 4) is 11.5 Å². The van der Waals surface area contributed by atoms with Gasteiger partial charge in [-0.1, -0.05) is 6.07 Å². The number of hydrogen-bond acceptors (Lipinski definition) is 4. The SMILES string of the molecule is Cc1cnc(-n2cccc(C3(O)CCC3)c2=O)cc1-n1c(C)cccc1=O. The molecule has 0 radical (unpaired) electrons. The summed E-state index contributed by atoms with van der Waals surface area (Å²) in [5, 5.41) is 10.6. The van der Waals surface area contributed by atoms with Crippen LogP contribution >= 0.6 is 0 Å². The average molecular weight is 363 g/mol. The van der Waals surface area contributed by atoms with E-state index in [-0.39, 0.29) is 11.1 Å². The van der Waals surface area contributed by atoms with Crippen molar-refractivity contribution in [2.75, 3.05) is 0 Å². The van der Waals surface area contributed by atoms with Crippen molar-refractivity contribution >= 4 is 0 Å². The second-order valence-corrected chi connectivity index (χ2v) is 7.15. The van der Waals surface area contributed by atoms with Crippen LogP contribution in [0.4, 0.5) is 0 Å². The summed E-state index contributed by atoms with van der Waals surface area (Å²) < 4.78 is 3.03. The Labute approximate surface area is 156 Å². The molecule has 0 spiro atoms. The van der Waals surface area contributed by atoms with Crippen LogP contribution in [0.1, 0.15) is 36.1 Å². The fourth-order valence-electron chi connectivity index (χ4n) is 3.59. The molecule has 1 aliphatic rings. The summed E-state index contributed by atoms with van der Waals surface area (Å²) in [6.07, 6.45) is 5.39. The minimum absolute atomic E-state index is 0.139. The second kappa shape index (κ2) is 6.32. The molecule has 3 heterocycles. The lowest BCUT2D eigenvalue weighted by molar-refractivity contribution is -0.0402. The smallest absolute Gasteiger partial charge is 0.262 e. The third-order valence-corrected chi connectivity index (χ3v) is 5.33. The molecule has 6 nitrogen and oxygen atoms in total. The van der Waals surface area contributed by atoms with Gasteiger partial charge in [-0.05, 0) is 56.9 Å². The zero-order valence-corrected chi connectivity index (χ0v) is 15.3. The van der Waals surface area contributed by atoms with Crippen molar-refractivity contribution in [3.63, 3.8) is 0 Å². The normalized spacial score (nSPS) is 15.4. The minimum atomic E-state index is -1.04. The Balaban J connectivity index is 1.89. The van der Waals surface area contributed by atoms with E-state index in [9.17, 15) is 14.7 Å². The molecule has 0 aliphatic heterocycles. The van der Waals surface area contributed by atoms with Gasteiger partial charge in [0.2, 0.25) is 0 Å². The molecule has 138 valence electrons. The van der Waals surface area contributed by atoms with Gasteiger partial charge in [0.15, 0.2) is 0 Å². The van der Waals surface area contributed by atoms with Crippen molar-refractivity contribution in [1.29, 1.82) is 0 Å². The Morgan fingerprint density at radius 3 is 2.56 bits per heavy atom. The van der Waals surface area contributed by atoms with E-state index in [4.69, 9.17) is 0 Å². The van der Waals surface area contributed by atoms with Crippen LogP contribution in [-0.4, -0.2) is 19.2 Å². The maximum atomic E-state index is 13.0. The lowest BCUT2D eigenvalue weighted by Gasteiger charge is -2.36. The van der Waals surface area contributed by atoms with Crippen molar-refractivity contribution in [2.45, 2.75) is 38.7 Å². The van der Waals surface area contributed by atoms with E-state index in [1.54, 1.807) is 41.2 Å². The predicted molar refractivity (Wildman–Crippen MR) is 103 cm³/mol. The molecule has 3 aromatic rings. The van der Waals surface area contributed by atoms with Crippen LogP contribution in [0.5, 0.6) is 0 Å². The van der Waals surface area contributed by atoms with Crippen LogP contribution in [0.3, 0.4) is 0 Å². The first-order valence-electron chi connectivity index (χ1n) is 9.01. The van der Waals surface area contributed by atoms with Gasteiger partial charge in [0.25, 0.3) is 11.1 Å². The van der Waals surface area contributed by atoms with Gasteiger partial charge in [-0.25, -0.2) is 4.98 Å². The summed E-state index contributed by atoms with van der Waals surface area (Å²) in [4.78, 5) is 29.7. The molecule has 0 aromatic carbocycles. The van der Waals surface area contributed by atoms with E-state index < -0.39 is 5.60 Å². The fraction of sp³-hybridized carbons (Fsp3) is 0.286. The molecule has 0 bridgehead atoms. The summed E-state index contributed by atoms with van der Waals surface area (Å²) in [5.41, 5.74) is 1.25. The number of pyridine rings is 3. The number of hydrogen-bond donors (Lipinski definition) is 1. The molecule has 27 heavy (non-hydrogen) atoms. The lowest BCUT2D eigenvalue weighted by Crippen LogP contribution is -2.40. The fourth-order valence-corrected chi connectivity index (χ4v) is 3.59. The lowest BCUT2D eigenvalue weighted by atomic mass is 9.75. The van der Waals surface area contributed by atoms with Gasteiger partial charge in [-0.15, -0.1) is 0 Å². The Bertz CT molecular complexity index is 1140. The summed E-state index contributed by atoms with van der Waals surface area (Å²) in [7, 11) is 0. The third kappa shape index (κ3) is 2.82. The van der Waals surface area contributed by atoms with Crippen molar-refractivity contribution in [3.05, 3.63) is 86.3 Å². The quantitative estimate of drug-likeness (QED) is 0.775. The predicted octanol–water partition coefficient (Wildman–Crippen LogP) is 2.37. The largest absolute Gasteiger partial charge is 0.385 e. The maximum absolute atomic E-state index is 13.0. The van der Waals surface area contributed by atoms with Gasteiger partial charge in [-0.2, -0.15) is 0 Å². The van der Waals surface area contributed by atoms with Crippen molar-refractivity contribution in [2.24, 2.45) is 0 Å². The molecular formula is C21H21N3O3. The number of rotatable bonds is 3. The van der Waals surface area contributed by atoms with E-state index in [2.05, 4.69) is 4.98 Å². The van der Waals surface area contributed by atoms with Gasteiger partial charge in [-0.3, -0.25) is 18.7 Å². The topological polar surface area (TPSA) is 77.1 Å². The highest BCUT2D eigenvalue weighted by Crippen LogP contribution is 2.39. The summed E-state index contributed by atoms with van der Waals surface area (Å²) in [5.74, 6) is 0.417. The molecule has 1 aliphatic carbocycles. The van der Waals surface area contributed by atoms with Gasteiger partial charge in [0.1, 0.15) is 5.82 Å². The molecule has 1 fully saturated rings. The molecule has 4 rings (SSSR count). The Hall–Kier alpha value is -2.99. The summed E-state index contributed by atoms with van der Waals surface area (Å²) in [6.45, 7) is 3.74. The van der Waals surface area contributed by atoms with E-state index in [1.165, 1.54) is 10.6 Å². The number of nitrogens with zero attached hydrogens (tertiary/aromatic N) is 3. The molecule has 0 saturated heterocycles. The van der Waals surface area contributed by atoms with Crippen LogP contribution in [0.25, 0.3) is 11.5 Å². The van der Waals surface area contributed by atoms with Crippen molar-refractivity contribution in [1.82, 2.24) is 14.1 Å². The van der Waals surface area contributed by atoms with Gasteiger partial charge >= 0.3 is 0 Å². The van der Waals surface area contributed by atoms with E-state index in [1.807, 2.05) is 19.9 Å². The highest BCUT2D eigenvalue weighted by Gasteiger charge is 2.38. The zero-order chi connectivity index (χ0) is 19.2. The molecule has 0 amide bonds. The van der Waals surface area contributed by atoms with E-state index >= 15 is 0 Å². The van der Waals surface area contributed by atoms with Gasteiger partial charge in [0.05, 0.1) is 11.3 Å². The summed E-state index contributed by atoms with van der Waals surface area (Å²) >= 11 is 0. The Morgan fingerprint density at radius 2 is 1.89 bits per heavy atom. The van der Waals surface area contributed by atoms with Gasteiger partial charge in [0, 0.05) is 35.8 Å². The first-order valence-corrected chi connectivity index (χ1v) is 9.01. The van der Waals surface area contributed by atoms with Crippen molar-refractivity contribution < 1.29 is 5.11 Å². The number of aryl methyl sites for hydroxylation is 2. The molecule has 6 heteroatoms. The van der Waals surface area contributed by atoms with Crippen LogP contribution < -0.4 is 11.1 Å². The molecule has 1 N–H and O–H groups in total. The Morgan fingerprint density at radius 1 is 1.11 bits per heavy atom. The molecule has 3 aromatic heterocycles. The monoisotopic (exact) mass is 363 g/mol. The first-order chi connectivity index (χ1) is 12.9.